The molecule has 1 saturated heterocycles. The molecule has 2 rings (SSSR count). The molecule has 1 N–H and O–H groups in total. The van der Waals surface area contributed by atoms with Crippen LogP contribution in [0.5, 0.6) is 0 Å². The zero-order valence-corrected chi connectivity index (χ0v) is 14.5. The third-order valence-corrected chi connectivity index (χ3v) is 4.77. The van der Waals surface area contributed by atoms with Crippen LogP contribution in [0.2, 0.25) is 0 Å². The molecule has 3 heteroatoms. The summed E-state index contributed by atoms with van der Waals surface area (Å²) in [5, 5.41) is 3.45. The Kier molecular flexibility index (Phi) is 6.01. The zero-order valence-electron chi connectivity index (χ0n) is 14.5. The van der Waals surface area contributed by atoms with E-state index >= 15 is 0 Å². The average Bonchev–Trinajstić information content (AvgIpc) is 2.47. The van der Waals surface area contributed by atoms with Gasteiger partial charge in [-0.25, -0.2) is 0 Å². The molecule has 0 aliphatic carbocycles. The Morgan fingerprint density at radius 1 is 1.32 bits per heavy atom. The number of carbonyl (C=O) groups excluding carboxylic acids is 1. The van der Waals surface area contributed by atoms with Crippen molar-refractivity contribution >= 4 is 11.6 Å². The predicted octanol–water partition coefficient (Wildman–Crippen LogP) is 3.68. The quantitative estimate of drug-likeness (QED) is 0.900. The smallest absolute Gasteiger partial charge is 0.227 e. The highest BCUT2D eigenvalue weighted by Gasteiger charge is 2.24. The van der Waals surface area contributed by atoms with Crippen molar-refractivity contribution in [2.45, 2.75) is 47.0 Å². The number of nitrogens with one attached hydrogen (secondary N) is 1. The molecular formula is C19H30N2O. The molecule has 0 bridgehead atoms. The first-order valence-corrected chi connectivity index (χ1v) is 8.60. The number of benzene rings is 1. The lowest BCUT2D eigenvalue weighted by Crippen LogP contribution is -2.37. The van der Waals surface area contributed by atoms with Crippen molar-refractivity contribution in [2.75, 3.05) is 24.5 Å². The third-order valence-electron chi connectivity index (χ3n) is 4.77. The van der Waals surface area contributed by atoms with Gasteiger partial charge < -0.3 is 10.2 Å². The van der Waals surface area contributed by atoms with Crippen molar-refractivity contribution in [1.29, 1.82) is 0 Å². The molecule has 1 aromatic rings. The van der Waals surface area contributed by atoms with E-state index in [0.29, 0.717) is 18.3 Å². The van der Waals surface area contributed by atoms with Gasteiger partial charge >= 0.3 is 0 Å². The van der Waals surface area contributed by atoms with Crippen LogP contribution in [0.3, 0.4) is 0 Å². The van der Waals surface area contributed by atoms with Crippen molar-refractivity contribution in [1.82, 2.24) is 5.32 Å². The number of amides is 1. The average molecular weight is 302 g/mol. The van der Waals surface area contributed by atoms with Crippen molar-refractivity contribution < 1.29 is 4.79 Å². The number of aryl methyl sites for hydroxylation is 2. The van der Waals surface area contributed by atoms with Gasteiger partial charge in [-0.1, -0.05) is 13.0 Å². The fourth-order valence-electron chi connectivity index (χ4n) is 3.53. The highest BCUT2D eigenvalue weighted by atomic mass is 16.2. The molecule has 0 aromatic heterocycles. The summed E-state index contributed by atoms with van der Waals surface area (Å²) in [6.45, 7) is 11.4. The molecule has 1 aliphatic rings. The Hall–Kier alpha value is -1.35. The van der Waals surface area contributed by atoms with Crippen LogP contribution in [0.4, 0.5) is 5.69 Å². The van der Waals surface area contributed by atoms with Gasteiger partial charge in [-0.2, -0.15) is 0 Å². The summed E-state index contributed by atoms with van der Waals surface area (Å²) < 4.78 is 0. The van der Waals surface area contributed by atoms with E-state index in [1.807, 2.05) is 4.90 Å². The lowest BCUT2D eigenvalue weighted by atomic mass is 9.85. The van der Waals surface area contributed by atoms with E-state index in [0.717, 1.165) is 25.3 Å². The molecule has 1 aliphatic heterocycles. The van der Waals surface area contributed by atoms with E-state index in [1.54, 1.807) is 0 Å². The van der Waals surface area contributed by atoms with E-state index in [-0.39, 0.29) is 5.91 Å². The fraction of sp³-hybridized carbons (Fsp3) is 0.632. The molecule has 1 fully saturated rings. The van der Waals surface area contributed by atoms with Crippen LogP contribution in [0.1, 0.15) is 44.2 Å². The predicted molar refractivity (Wildman–Crippen MR) is 93.3 cm³/mol. The second kappa shape index (κ2) is 7.77. The van der Waals surface area contributed by atoms with Gasteiger partial charge in [0.1, 0.15) is 0 Å². The second-order valence-electron chi connectivity index (χ2n) is 6.77. The minimum absolute atomic E-state index is 0.255. The number of nitrogens with zero attached hydrogens (tertiary/aromatic N) is 1. The van der Waals surface area contributed by atoms with Gasteiger partial charge in [0.2, 0.25) is 5.91 Å². The molecule has 0 spiro atoms. The van der Waals surface area contributed by atoms with Crippen molar-refractivity contribution in [3.8, 4) is 0 Å². The largest absolute Gasteiger partial charge is 0.316 e. The van der Waals surface area contributed by atoms with E-state index in [9.17, 15) is 4.79 Å². The number of hydrogen-bond donors (Lipinski definition) is 1. The number of hydrogen-bond acceptors (Lipinski definition) is 2. The summed E-state index contributed by atoms with van der Waals surface area (Å²) >= 11 is 0. The van der Waals surface area contributed by atoms with Gasteiger partial charge in [-0.05, 0) is 81.8 Å². The fourth-order valence-corrected chi connectivity index (χ4v) is 3.53. The number of anilines is 1. The molecule has 2 unspecified atom stereocenters. The Balaban J connectivity index is 2.04. The minimum atomic E-state index is 0.255. The lowest BCUT2D eigenvalue weighted by Gasteiger charge is -2.30. The van der Waals surface area contributed by atoms with Crippen LogP contribution in [0, 0.1) is 25.7 Å². The van der Waals surface area contributed by atoms with Crippen LogP contribution >= 0.6 is 0 Å². The molecule has 1 amide bonds. The second-order valence-corrected chi connectivity index (χ2v) is 6.77. The van der Waals surface area contributed by atoms with Gasteiger partial charge in [0.25, 0.3) is 0 Å². The maximum Gasteiger partial charge on any atom is 0.227 e. The molecule has 0 radical (unpaired) electrons. The Bertz CT molecular complexity index is 486. The number of piperidine rings is 1. The Morgan fingerprint density at radius 2 is 2.00 bits per heavy atom. The molecule has 1 aromatic carbocycles. The zero-order chi connectivity index (χ0) is 16.1. The minimum Gasteiger partial charge on any atom is -0.316 e. The molecule has 22 heavy (non-hydrogen) atoms. The van der Waals surface area contributed by atoms with Gasteiger partial charge in [-0.15, -0.1) is 0 Å². The highest BCUT2D eigenvalue weighted by Crippen LogP contribution is 2.25. The van der Waals surface area contributed by atoms with Gasteiger partial charge in [-0.3, -0.25) is 4.79 Å². The summed E-state index contributed by atoms with van der Waals surface area (Å²) in [5.41, 5.74) is 3.47. The highest BCUT2D eigenvalue weighted by molar-refractivity contribution is 5.93. The first-order chi connectivity index (χ1) is 10.5. The molecule has 3 nitrogen and oxygen atoms in total. The molecule has 2 atom stereocenters. The van der Waals surface area contributed by atoms with E-state index in [2.05, 4.69) is 51.2 Å². The van der Waals surface area contributed by atoms with Gasteiger partial charge in [0.15, 0.2) is 0 Å². The van der Waals surface area contributed by atoms with Gasteiger partial charge in [0.05, 0.1) is 0 Å². The summed E-state index contributed by atoms with van der Waals surface area (Å²) in [5.74, 6) is 1.33. The van der Waals surface area contributed by atoms with Crippen LogP contribution in [-0.2, 0) is 4.79 Å². The monoisotopic (exact) mass is 302 g/mol. The standard InChI is InChI=1S/C19H30N2O/c1-5-21(18-10-14(2)9-15(3)11-18)19(22)12-16(4)17-7-6-8-20-13-17/h9-11,16-17,20H,5-8,12-13H2,1-4H3. The van der Waals surface area contributed by atoms with Crippen LogP contribution < -0.4 is 10.2 Å². The molecule has 122 valence electrons. The van der Waals surface area contributed by atoms with E-state index in [4.69, 9.17) is 0 Å². The van der Waals surface area contributed by atoms with E-state index < -0.39 is 0 Å². The SMILES string of the molecule is CCN(C(=O)CC(C)C1CCCNC1)c1cc(C)cc(C)c1. The Morgan fingerprint density at radius 3 is 2.55 bits per heavy atom. The molecule has 1 heterocycles. The van der Waals surface area contributed by atoms with Crippen molar-refractivity contribution in [2.24, 2.45) is 11.8 Å². The third kappa shape index (κ3) is 4.33. The topological polar surface area (TPSA) is 32.3 Å². The van der Waals surface area contributed by atoms with Crippen LogP contribution in [0.25, 0.3) is 0 Å². The molecule has 0 saturated carbocycles. The van der Waals surface area contributed by atoms with Crippen molar-refractivity contribution in [3.05, 3.63) is 29.3 Å². The van der Waals surface area contributed by atoms with E-state index in [1.165, 1.54) is 24.0 Å². The number of carbonyl (C=O) groups is 1. The maximum atomic E-state index is 12.8. The van der Waals surface area contributed by atoms with Crippen molar-refractivity contribution in [3.63, 3.8) is 0 Å². The first kappa shape index (κ1) is 17.0. The Labute approximate surface area is 135 Å². The number of rotatable bonds is 5. The van der Waals surface area contributed by atoms with Gasteiger partial charge in [0, 0.05) is 18.7 Å². The summed E-state index contributed by atoms with van der Waals surface area (Å²) in [6.07, 6.45) is 3.13. The summed E-state index contributed by atoms with van der Waals surface area (Å²) in [7, 11) is 0. The maximum absolute atomic E-state index is 12.8. The summed E-state index contributed by atoms with van der Waals surface area (Å²) in [6, 6.07) is 6.38. The lowest BCUT2D eigenvalue weighted by molar-refractivity contribution is -0.119. The molecular weight excluding hydrogens is 272 g/mol. The normalized spacial score (nSPS) is 19.7. The van der Waals surface area contributed by atoms with Crippen LogP contribution in [-0.4, -0.2) is 25.5 Å². The summed E-state index contributed by atoms with van der Waals surface area (Å²) in [4.78, 5) is 14.7. The van der Waals surface area contributed by atoms with Crippen LogP contribution in [0.15, 0.2) is 18.2 Å². The first-order valence-electron chi connectivity index (χ1n) is 8.60.